The van der Waals surface area contributed by atoms with E-state index in [0.29, 0.717) is 11.7 Å². The summed E-state index contributed by atoms with van der Waals surface area (Å²) in [5.41, 5.74) is -0.0586. The largest absolute Gasteiger partial charge is 0.299 e. The topological polar surface area (TPSA) is 23.6 Å². The molecule has 0 radical (unpaired) electrons. The molecule has 2 atom stereocenters. The van der Waals surface area contributed by atoms with Gasteiger partial charge in [-0.25, -0.2) is 0 Å². The van der Waals surface area contributed by atoms with E-state index in [2.05, 4.69) is 25.7 Å². The Labute approximate surface area is 123 Å². The van der Waals surface area contributed by atoms with Crippen molar-refractivity contribution in [3.8, 4) is 0 Å². The fraction of sp³-hybridized carbons (Fsp3) is 0.933. The van der Waals surface area contributed by atoms with E-state index >= 15 is 0 Å². The van der Waals surface area contributed by atoms with Crippen LogP contribution in [0.3, 0.4) is 0 Å². The molecular weight excluding hydrogens is 304 g/mol. The van der Waals surface area contributed by atoms with Gasteiger partial charge < -0.3 is 0 Å². The summed E-state index contributed by atoms with van der Waals surface area (Å²) in [5.74, 6) is 1.18. The first-order valence-corrected chi connectivity index (χ1v) is 8.60. The number of carbonyl (C=O) groups is 1. The summed E-state index contributed by atoms with van der Waals surface area (Å²) in [6.07, 6.45) is 6.57. The molecule has 0 aromatic carbocycles. The summed E-state index contributed by atoms with van der Waals surface area (Å²) in [4.78, 5) is 18.3. The molecule has 0 N–H and O–H groups in total. The number of carbonyl (C=O) groups excluding carboxylic acids is 1. The first-order chi connectivity index (χ1) is 9.12. The minimum absolute atomic E-state index is 0.0586. The van der Waals surface area contributed by atoms with Gasteiger partial charge in [0.05, 0.1) is 5.41 Å². The van der Waals surface area contributed by atoms with Crippen LogP contribution in [-0.2, 0) is 4.79 Å². The average molecular weight is 327 g/mol. The van der Waals surface area contributed by atoms with Crippen molar-refractivity contribution in [2.45, 2.75) is 36.4 Å². The predicted molar refractivity (Wildman–Crippen MR) is 78.6 cm³/mol. The minimum Gasteiger partial charge on any atom is -0.299 e. The van der Waals surface area contributed by atoms with Crippen LogP contribution < -0.4 is 0 Å². The number of hydrogen-bond donors (Lipinski definition) is 0. The Balaban J connectivity index is 1.75. The van der Waals surface area contributed by atoms with Crippen LogP contribution in [-0.4, -0.2) is 59.2 Å². The molecule has 4 bridgehead atoms. The molecule has 0 aromatic heterocycles. The normalized spacial score (nSPS) is 50.5. The van der Waals surface area contributed by atoms with Crippen molar-refractivity contribution in [2.24, 2.45) is 11.3 Å². The smallest absolute Gasteiger partial charge is 0.161 e. The van der Waals surface area contributed by atoms with Gasteiger partial charge >= 0.3 is 0 Å². The maximum atomic E-state index is 13.2. The zero-order valence-electron chi connectivity index (χ0n) is 11.5. The molecule has 5 rings (SSSR count). The standard InChI is InChI=1S/C15H23BrN2O/c16-15-10-17-6-7-18(11-15)9-14(8-17,13(15)19)12-4-2-1-3-5-12/h12H,1-11H2. The number of alkyl halides is 1. The molecule has 19 heavy (non-hydrogen) atoms. The second-order valence-electron chi connectivity index (χ2n) is 7.21. The summed E-state index contributed by atoms with van der Waals surface area (Å²) in [5, 5.41) is 0. The Kier molecular flexibility index (Phi) is 2.88. The van der Waals surface area contributed by atoms with Gasteiger partial charge in [-0.15, -0.1) is 0 Å². The van der Waals surface area contributed by atoms with Crippen LogP contribution in [0.1, 0.15) is 32.1 Å². The highest BCUT2D eigenvalue weighted by Crippen LogP contribution is 2.51. The molecule has 5 fully saturated rings. The molecular formula is C15H23BrN2O. The zero-order chi connectivity index (χ0) is 13.1. The van der Waals surface area contributed by atoms with E-state index in [1.807, 2.05) is 0 Å². The summed E-state index contributed by atoms with van der Waals surface area (Å²) in [6.45, 7) is 6.21. The van der Waals surface area contributed by atoms with Crippen molar-refractivity contribution in [3.05, 3.63) is 0 Å². The highest BCUT2D eigenvalue weighted by atomic mass is 79.9. The first kappa shape index (κ1) is 12.8. The molecule has 4 aliphatic heterocycles. The lowest BCUT2D eigenvalue weighted by Crippen LogP contribution is -2.70. The summed E-state index contributed by atoms with van der Waals surface area (Å²) < 4.78 is -0.266. The van der Waals surface area contributed by atoms with Gasteiger partial charge in [0.2, 0.25) is 0 Å². The van der Waals surface area contributed by atoms with E-state index in [4.69, 9.17) is 0 Å². The van der Waals surface area contributed by atoms with Crippen LogP contribution in [0.25, 0.3) is 0 Å². The fourth-order valence-corrected chi connectivity index (χ4v) is 6.25. The van der Waals surface area contributed by atoms with E-state index in [1.165, 1.54) is 32.1 Å². The Morgan fingerprint density at radius 2 is 1.53 bits per heavy atom. The number of fused-ring (bicyclic) bond motifs is 1. The SMILES string of the molecule is O=C1C2(Br)CN3CCN(C2)CC1(C1CCCCC1)C3. The molecule has 1 saturated carbocycles. The first-order valence-electron chi connectivity index (χ1n) is 7.81. The summed E-state index contributed by atoms with van der Waals surface area (Å²) in [7, 11) is 0. The Hall–Kier alpha value is 0.0700. The highest BCUT2D eigenvalue weighted by Gasteiger charge is 2.62. The molecule has 106 valence electrons. The Morgan fingerprint density at radius 3 is 2.11 bits per heavy atom. The van der Waals surface area contributed by atoms with Crippen molar-refractivity contribution in [3.63, 3.8) is 0 Å². The van der Waals surface area contributed by atoms with Crippen LogP contribution in [0.2, 0.25) is 0 Å². The van der Waals surface area contributed by atoms with Crippen molar-refractivity contribution < 1.29 is 4.79 Å². The number of rotatable bonds is 1. The number of nitrogens with zero attached hydrogens (tertiary/aromatic N) is 2. The van der Waals surface area contributed by atoms with Gasteiger partial charge in [-0.1, -0.05) is 35.2 Å². The number of ketones is 1. The lowest BCUT2D eigenvalue weighted by Gasteiger charge is -2.55. The van der Waals surface area contributed by atoms with E-state index in [1.54, 1.807) is 0 Å². The van der Waals surface area contributed by atoms with Gasteiger partial charge in [-0.3, -0.25) is 14.6 Å². The predicted octanol–water partition coefficient (Wildman–Crippen LogP) is 1.90. The second-order valence-corrected chi connectivity index (χ2v) is 8.72. The molecule has 1 aliphatic carbocycles. The van der Waals surface area contributed by atoms with Crippen molar-refractivity contribution in [1.82, 2.24) is 9.80 Å². The Morgan fingerprint density at radius 1 is 0.947 bits per heavy atom. The zero-order valence-corrected chi connectivity index (χ0v) is 13.1. The second kappa shape index (κ2) is 4.28. The summed E-state index contributed by atoms with van der Waals surface area (Å²) >= 11 is 3.84. The molecule has 0 amide bonds. The van der Waals surface area contributed by atoms with Crippen LogP contribution in [0.5, 0.6) is 0 Å². The molecule has 0 spiro atoms. The molecule has 4 saturated heterocycles. The lowest BCUT2D eigenvalue weighted by molar-refractivity contribution is -0.147. The minimum atomic E-state index is -0.266. The molecule has 3 nitrogen and oxygen atoms in total. The van der Waals surface area contributed by atoms with Gasteiger partial charge in [0.1, 0.15) is 4.32 Å². The summed E-state index contributed by atoms with van der Waals surface area (Å²) in [6, 6.07) is 0. The van der Waals surface area contributed by atoms with Crippen LogP contribution >= 0.6 is 15.9 Å². The molecule has 4 heterocycles. The van der Waals surface area contributed by atoms with Crippen LogP contribution in [0.15, 0.2) is 0 Å². The molecule has 2 unspecified atom stereocenters. The Bertz CT molecular complexity index is 389. The average Bonchev–Trinajstić information content (AvgIpc) is 2.64. The van der Waals surface area contributed by atoms with Gasteiger partial charge in [-0.2, -0.15) is 0 Å². The third-order valence-corrected chi connectivity index (χ3v) is 6.80. The van der Waals surface area contributed by atoms with E-state index in [-0.39, 0.29) is 9.74 Å². The van der Waals surface area contributed by atoms with Gasteiger partial charge in [0.25, 0.3) is 0 Å². The number of Topliss-reactive ketones (excluding diaryl/α,β-unsaturated/α-hetero) is 1. The molecule has 4 heteroatoms. The fourth-order valence-electron chi connectivity index (χ4n) is 5.15. The van der Waals surface area contributed by atoms with E-state index in [0.717, 1.165) is 39.3 Å². The number of halogens is 1. The van der Waals surface area contributed by atoms with Gasteiger partial charge in [-0.05, 0) is 18.8 Å². The van der Waals surface area contributed by atoms with Crippen LogP contribution in [0, 0.1) is 11.3 Å². The maximum absolute atomic E-state index is 13.2. The number of hydrogen-bond acceptors (Lipinski definition) is 3. The van der Waals surface area contributed by atoms with Gasteiger partial charge in [0.15, 0.2) is 5.78 Å². The van der Waals surface area contributed by atoms with E-state index < -0.39 is 0 Å². The van der Waals surface area contributed by atoms with Crippen molar-refractivity contribution in [1.29, 1.82) is 0 Å². The van der Waals surface area contributed by atoms with Crippen LogP contribution in [0.4, 0.5) is 0 Å². The van der Waals surface area contributed by atoms with Crippen molar-refractivity contribution in [2.75, 3.05) is 39.3 Å². The van der Waals surface area contributed by atoms with Crippen molar-refractivity contribution >= 4 is 21.7 Å². The number of piperidine rings is 2. The quantitative estimate of drug-likeness (QED) is 0.688. The molecule has 0 aromatic rings. The van der Waals surface area contributed by atoms with Gasteiger partial charge in [0, 0.05) is 39.3 Å². The highest BCUT2D eigenvalue weighted by molar-refractivity contribution is 9.10. The third-order valence-electron chi connectivity index (χ3n) is 5.94. The molecule has 5 aliphatic rings. The lowest BCUT2D eigenvalue weighted by atomic mass is 9.60. The van der Waals surface area contributed by atoms with E-state index in [9.17, 15) is 4.79 Å². The monoisotopic (exact) mass is 326 g/mol. The third kappa shape index (κ3) is 1.79. The maximum Gasteiger partial charge on any atom is 0.161 e.